The van der Waals surface area contributed by atoms with Crippen LogP contribution in [0, 0.1) is 0 Å². The van der Waals surface area contributed by atoms with Crippen LogP contribution < -0.4 is 5.32 Å². The van der Waals surface area contributed by atoms with Gasteiger partial charge in [0.15, 0.2) is 0 Å². The van der Waals surface area contributed by atoms with Crippen molar-refractivity contribution in [3.63, 3.8) is 0 Å². The molecule has 1 saturated heterocycles. The predicted molar refractivity (Wildman–Crippen MR) is 73.6 cm³/mol. The summed E-state index contributed by atoms with van der Waals surface area (Å²) in [4.78, 5) is 16.3. The van der Waals surface area contributed by atoms with Crippen LogP contribution in [-0.2, 0) is 4.79 Å². The minimum Gasteiger partial charge on any atom is -0.376 e. The van der Waals surface area contributed by atoms with Crippen LogP contribution >= 0.6 is 0 Å². The van der Waals surface area contributed by atoms with Gasteiger partial charge in [0.1, 0.15) is 0 Å². The molecule has 98 valence electrons. The van der Waals surface area contributed by atoms with Gasteiger partial charge >= 0.3 is 0 Å². The van der Waals surface area contributed by atoms with E-state index in [-0.39, 0.29) is 5.91 Å². The summed E-state index contributed by atoms with van der Waals surface area (Å²) in [6, 6.07) is 9.85. The molecule has 0 aliphatic carbocycles. The Morgan fingerprint density at radius 2 is 1.94 bits per heavy atom. The second-order valence-electron chi connectivity index (χ2n) is 4.76. The number of carbonyl (C=O) groups excluding carboxylic acids is 1. The molecule has 1 amide bonds. The quantitative estimate of drug-likeness (QED) is 0.873. The van der Waals surface area contributed by atoms with E-state index in [1.807, 2.05) is 35.2 Å². The lowest BCUT2D eigenvalue weighted by atomic mass is 10.3. The van der Waals surface area contributed by atoms with E-state index in [1.165, 1.54) is 0 Å². The van der Waals surface area contributed by atoms with E-state index in [2.05, 4.69) is 17.3 Å². The molecule has 1 N–H and O–H groups in total. The van der Waals surface area contributed by atoms with Crippen molar-refractivity contribution in [1.29, 1.82) is 0 Å². The average Bonchev–Trinajstić information content (AvgIpc) is 2.62. The molecule has 1 aromatic carbocycles. The number of rotatable bonds is 3. The van der Waals surface area contributed by atoms with Gasteiger partial charge in [0, 0.05) is 25.3 Å². The Morgan fingerprint density at radius 1 is 1.17 bits per heavy atom. The highest BCUT2D eigenvalue weighted by Gasteiger charge is 2.16. The zero-order valence-electron chi connectivity index (χ0n) is 10.9. The van der Waals surface area contributed by atoms with E-state index >= 15 is 0 Å². The molecule has 18 heavy (non-hydrogen) atoms. The molecular weight excluding hydrogens is 226 g/mol. The minimum atomic E-state index is 0.189. The number of likely N-dealkylation sites (N-methyl/N-ethyl adjacent to an activating group) is 1. The minimum absolute atomic E-state index is 0.189. The number of carbonyl (C=O) groups is 1. The van der Waals surface area contributed by atoms with E-state index in [0.29, 0.717) is 6.54 Å². The van der Waals surface area contributed by atoms with Gasteiger partial charge in [-0.15, -0.1) is 0 Å². The summed E-state index contributed by atoms with van der Waals surface area (Å²) in [5.41, 5.74) is 0.998. The van der Waals surface area contributed by atoms with Gasteiger partial charge in [0.05, 0.1) is 6.54 Å². The van der Waals surface area contributed by atoms with Crippen molar-refractivity contribution in [3.8, 4) is 0 Å². The monoisotopic (exact) mass is 247 g/mol. The maximum absolute atomic E-state index is 12.1. The highest BCUT2D eigenvalue weighted by Crippen LogP contribution is 2.06. The molecule has 1 fully saturated rings. The van der Waals surface area contributed by atoms with Crippen molar-refractivity contribution in [2.45, 2.75) is 6.42 Å². The van der Waals surface area contributed by atoms with Crippen molar-refractivity contribution >= 4 is 11.6 Å². The van der Waals surface area contributed by atoms with E-state index in [0.717, 1.165) is 38.3 Å². The third-order valence-corrected chi connectivity index (χ3v) is 3.29. The third kappa shape index (κ3) is 3.74. The van der Waals surface area contributed by atoms with Gasteiger partial charge in [-0.25, -0.2) is 0 Å². The highest BCUT2D eigenvalue weighted by atomic mass is 16.2. The van der Waals surface area contributed by atoms with Gasteiger partial charge in [0.25, 0.3) is 0 Å². The number of anilines is 1. The van der Waals surface area contributed by atoms with Crippen LogP contribution in [0.1, 0.15) is 6.42 Å². The number of para-hydroxylation sites is 1. The van der Waals surface area contributed by atoms with Crippen LogP contribution in [0.4, 0.5) is 5.69 Å². The van der Waals surface area contributed by atoms with Crippen molar-refractivity contribution in [2.75, 3.05) is 45.1 Å². The maximum atomic E-state index is 12.1. The van der Waals surface area contributed by atoms with Gasteiger partial charge in [-0.3, -0.25) is 4.79 Å². The van der Waals surface area contributed by atoms with Gasteiger partial charge in [0.2, 0.25) is 5.91 Å². The van der Waals surface area contributed by atoms with Crippen molar-refractivity contribution < 1.29 is 4.79 Å². The molecule has 4 nitrogen and oxygen atoms in total. The third-order valence-electron chi connectivity index (χ3n) is 3.29. The summed E-state index contributed by atoms with van der Waals surface area (Å²) in [6.07, 6.45) is 1.06. The first-order valence-electron chi connectivity index (χ1n) is 6.51. The Hall–Kier alpha value is -1.55. The second kappa shape index (κ2) is 6.40. The second-order valence-corrected chi connectivity index (χ2v) is 4.76. The largest absolute Gasteiger partial charge is 0.376 e. The van der Waals surface area contributed by atoms with Gasteiger partial charge < -0.3 is 15.1 Å². The number of benzene rings is 1. The molecule has 0 atom stereocenters. The van der Waals surface area contributed by atoms with Crippen LogP contribution in [0.2, 0.25) is 0 Å². The molecule has 1 aliphatic rings. The molecule has 4 heteroatoms. The van der Waals surface area contributed by atoms with Crippen LogP contribution in [0.25, 0.3) is 0 Å². The van der Waals surface area contributed by atoms with Crippen molar-refractivity contribution in [1.82, 2.24) is 9.80 Å². The SMILES string of the molecule is CN1CCCN(C(=O)CNc2ccccc2)CC1. The Bertz CT molecular complexity index is 380. The van der Waals surface area contributed by atoms with Crippen molar-refractivity contribution in [2.24, 2.45) is 0 Å². The van der Waals surface area contributed by atoms with Crippen LogP contribution in [0.15, 0.2) is 30.3 Å². The molecule has 0 unspecified atom stereocenters. The average molecular weight is 247 g/mol. The first-order valence-corrected chi connectivity index (χ1v) is 6.51. The van der Waals surface area contributed by atoms with E-state index in [4.69, 9.17) is 0 Å². The van der Waals surface area contributed by atoms with Crippen LogP contribution in [-0.4, -0.2) is 55.5 Å². The molecule has 2 rings (SSSR count). The summed E-state index contributed by atoms with van der Waals surface area (Å²) < 4.78 is 0. The number of hydrogen-bond acceptors (Lipinski definition) is 3. The summed E-state index contributed by atoms with van der Waals surface area (Å²) in [7, 11) is 2.11. The Labute approximate surface area is 109 Å². The number of hydrogen-bond donors (Lipinski definition) is 1. The first-order chi connectivity index (χ1) is 8.75. The molecule has 0 bridgehead atoms. The smallest absolute Gasteiger partial charge is 0.241 e. The van der Waals surface area contributed by atoms with Crippen LogP contribution in [0.5, 0.6) is 0 Å². The Kier molecular flexibility index (Phi) is 4.59. The molecule has 0 aromatic heterocycles. The molecule has 1 aromatic rings. The zero-order valence-corrected chi connectivity index (χ0v) is 10.9. The van der Waals surface area contributed by atoms with Crippen LogP contribution in [0.3, 0.4) is 0 Å². The fraction of sp³-hybridized carbons (Fsp3) is 0.500. The Morgan fingerprint density at radius 3 is 2.72 bits per heavy atom. The summed E-state index contributed by atoms with van der Waals surface area (Å²) in [5.74, 6) is 0.189. The molecule has 0 saturated carbocycles. The van der Waals surface area contributed by atoms with Crippen molar-refractivity contribution in [3.05, 3.63) is 30.3 Å². The lowest BCUT2D eigenvalue weighted by Crippen LogP contribution is -2.38. The molecule has 1 heterocycles. The van der Waals surface area contributed by atoms with E-state index < -0.39 is 0 Å². The lowest BCUT2D eigenvalue weighted by molar-refractivity contribution is -0.129. The summed E-state index contributed by atoms with van der Waals surface area (Å²) >= 11 is 0. The fourth-order valence-corrected chi connectivity index (χ4v) is 2.14. The molecule has 0 radical (unpaired) electrons. The maximum Gasteiger partial charge on any atom is 0.241 e. The van der Waals surface area contributed by atoms with Gasteiger partial charge in [-0.05, 0) is 32.1 Å². The predicted octanol–water partition coefficient (Wildman–Crippen LogP) is 1.26. The standard InChI is InChI=1S/C14H21N3O/c1-16-8-5-9-17(11-10-16)14(18)12-15-13-6-3-2-4-7-13/h2-4,6-7,15H,5,8-12H2,1H3. The number of nitrogens with one attached hydrogen (secondary N) is 1. The zero-order chi connectivity index (χ0) is 12.8. The Balaban J connectivity index is 1.80. The molecule has 0 spiro atoms. The number of nitrogens with zero attached hydrogens (tertiary/aromatic N) is 2. The highest BCUT2D eigenvalue weighted by molar-refractivity contribution is 5.80. The normalized spacial score (nSPS) is 17.3. The number of amides is 1. The topological polar surface area (TPSA) is 35.6 Å². The fourth-order valence-electron chi connectivity index (χ4n) is 2.14. The molecular formula is C14H21N3O. The lowest BCUT2D eigenvalue weighted by Gasteiger charge is -2.21. The van der Waals surface area contributed by atoms with E-state index in [1.54, 1.807) is 0 Å². The molecule has 1 aliphatic heterocycles. The summed E-state index contributed by atoms with van der Waals surface area (Å²) in [6.45, 7) is 4.14. The van der Waals surface area contributed by atoms with Gasteiger partial charge in [-0.1, -0.05) is 18.2 Å². The van der Waals surface area contributed by atoms with E-state index in [9.17, 15) is 4.79 Å². The van der Waals surface area contributed by atoms with Gasteiger partial charge in [-0.2, -0.15) is 0 Å². The first kappa shape index (κ1) is 12.9. The summed E-state index contributed by atoms with van der Waals surface area (Å²) in [5, 5.41) is 3.17.